The lowest BCUT2D eigenvalue weighted by Crippen LogP contribution is -2.18. The molecule has 0 atom stereocenters. The van der Waals surface area contributed by atoms with Crippen LogP contribution in [0.4, 0.5) is 18.9 Å². The van der Waals surface area contributed by atoms with Gasteiger partial charge >= 0.3 is 6.18 Å². The van der Waals surface area contributed by atoms with E-state index in [1.165, 1.54) is 12.1 Å². The molecule has 0 aromatic heterocycles. The van der Waals surface area contributed by atoms with Gasteiger partial charge in [0.2, 0.25) is 0 Å². The third kappa shape index (κ3) is 3.15. The van der Waals surface area contributed by atoms with Crippen LogP contribution in [-0.2, 0) is 6.18 Å². The normalized spacial score (nSPS) is 17.4. The first-order valence-corrected chi connectivity index (χ1v) is 6.39. The molecular formula is C12H13BrF3N. The van der Waals surface area contributed by atoms with Gasteiger partial charge < -0.3 is 5.32 Å². The van der Waals surface area contributed by atoms with Gasteiger partial charge in [-0.3, -0.25) is 0 Å². The van der Waals surface area contributed by atoms with Gasteiger partial charge in [0.1, 0.15) is 0 Å². The zero-order valence-corrected chi connectivity index (χ0v) is 10.7. The highest BCUT2D eigenvalue weighted by atomic mass is 79.9. The lowest BCUT2D eigenvalue weighted by atomic mass is 10.1. The summed E-state index contributed by atoms with van der Waals surface area (Å²) in [6.07, 6.45) is -0.227. The van der Waals surface area contributed by atoms with Crippen molar-refractivity contribution in [1.29, 1.82) is 0 Å². The van der Waals surface area contributed by atoms with E-state index in [0.29, 0.717) is 4.47 Å². The van der Waals surface area contributed by atoms with E-state index in [1.54, 1.807) is 0 Å². The second kappa shape index (κ2) is 4.88. The second-order valence-corrected chi connectivity index (χ2v) is 5.23. The van der Waals surface area contributed by atoms with E-state index in [0.717, 1.165) is 31.7 Å². The van der Waals surface area contributed by atoms with Gasteiger partial charge in [0.15, 0.2) is 0 Å². The fourth-order valence-corrected chi connectivity index (χ4v) is 2.53. The van der Waals surface area contributed by atoms with Crippen molar-refractivity contribution in [3.05, 3.63) is 28.2 Å². The third-order valence-corrected chi connectivity index (χ3v) is 3.50. The highest BCUT2D eigenvalue weighted by Gasteiger charge is 2.34. The number of hydrogen-bond donors (Lipinski definition) is 1. The van der Waals surface area contributed by atoms with Crippen LogP contribution in [0.1, 0.15) is 31.2 Å². The van der Waals surface area contributed by atoms with Crippen molar-refractivity contribution in [1.82, 2.24) is 0 Å². The van der Waals surface area contributed by atoms with Gasteiger partial charge in [-0.15, -0.1) is 0 Å². The molecule has 1 aromatic rings. The van der Waals surface area contributed by atoms with E-state index >= 15 is 0 Å². The van der Waals surface area contributed by atoms with E-state index < -0.39 is 11.7 Å². The first-order chi connectivity index (χ1) is 7.97. The maximum atomic E-state index is 12.8. The van der Waals surface area contributed by atoms with Gasteiger partial charge in [0.25, 0.3) is 0 Å². The van der Waals surface area contributed by atoms with Crippen LogP contribution in [0.3, 0.4) is 0 Å². The average molecular weight is 308 g/mol. The SMILES string of the molecule is FC(F)(F)c1ccc(Br)cc1NC1CCCC1. The Balaban J connectivity index is 2.26. The number of alkyl halides is 3. The molecule has 0 heterocycles. The van der Waals surface area contributed by atoms with Crippen molar-refractivity contribution >= 4 is 21.6 Å². The Morgan fingerprint density at radius 1 is 1.18 bits per heavy atom. The van der Waals surface area contributed by atoms with Crippen LogP contribution in [0.2, 0.25) is 0 Å². The molecule has 0 spiro atoms. The summed E-state index contributed by atoms with van der Waals surface area (Å²) in [5.74, 6) is 0. The van der Waals surface area contributed by atoms with Crippen molar-refractivity contribution in [2.24, 2.45) is 0 Å². The minimum atomic E-state index is -4.30. The van der Waals surface area contributed by atoms with E-state index in [-0.39, 0.29) is 11.7 Å². The van der Waals surface area contributed by atoms with Crippen molar-refractivity contribution in [2.75, 3.05) is 5.32 Å². The standard InChI is InChI=1S/C12H13BrF3N/c13-8-5-6-10(12(14,15)16)11(7-8)17-9-3-1-2-4-9/h5-7,9,17H,1-4H2. The molecule has 1 aromatic carbocycles. The molecular weight excluding hydrogens is 295 g/mol. The van der Waals surface area contributed by atoms with E-state index in [4.69, 9.17) is 0 Å². The summed E-state index contributed by atoms with van der Waals surface area (Å²) < 4.78 is 39.1. The Labute approximate surface area is 107 Å². The van der Waals surface area contributed by atoms with E-state index in [2.05, 4.69) is 21.2 Å². The molecule has 1 aliphatic rings. The monoisotopic (exact) mass is 307 g/mol. The smallest absolute Gasteiger partial charge is 0.382 e. The molecule has 0 amide bonds. The topological polar surface area (TPSA) is 12.0 Å². The molecule has 0 radical (unpaired) electrons. The molecule has 17 heavy (non-hydrogen) atoms. The van der Waals surface area contributed by atoms with Crippen molar-refractivity contribution in [3.8, 4) is 0 Å². The number of benzene rings is 1. The Morgan fingerprint density at radius 2 is 1.82 bits per heavy atom. The second-order valence-electron chi connectivity index (χ2n) is 4.31. The first kappa shape index (κ1) is 12.7. The number of nitrogens with one attached hydrogen (secondary N) is 1. The number of rotatable bonds is 2. The summed E-state index contributed by atoms with van der Waals surface area (Å²) in [5, 5.41) is 3.01. The molecule has 1 nitrogen and oxygen atoms in total. The Hall–Kier alpha value is -0.710. The minimum absolute atomic E-state index is 0.172. The Morgan fingerprint density at radius 3 is 2.41 bits per heavy atom. The van der Waals surface area contributed by atoms with Crippen LogP contribution >= 0.6 is 15.9 Å². The number of anilines is 1. The van der Waals surface area contributed by atoms with Crippen LogP contribution in [0, 0.1) is 0 Å². The summed E-state index contributed by atoms with van der Waals surface area (Å²) in [6, 6.07) is 4.20. The van der Waals surface area contributed by atoms with Crippen LogP contribution in [0.15, 0.2) is 22.7 Å². The third-order valence-electron chi connectivity index (χ3n) is 3.00. The molecule has 1 saturated carbocycles. The largest absolute Gasteiger partial charge is 0.418 e. The van der Waals surface area contributed by atoms with Crippen LogP contribution in [-0.4, -0.2) is 6.04 Å². The summed E-state index contributed by atoms with van der Waals surface area (Å²) in [6.45, 7) is 0. The van der Waals surface area contributed by atoms with Gasteiger partial charge in [-0.25, -0.2) is 0 Å². The fraction of sp³-hybridized carbons (Fsp3) is 0.500. The molecule has 1 aliphatic carbocycles. The Bertz CT molecular complexity index is 397. The van der Waals surface area contributed by atoms with Gasteiger partial charge in [0.05, 0.1) is 5.56 Å². The molecule has 1 fully saturated rings. The molecule has 0 aliphatic heterocycles. The van der Waals surface area contributed by atoms with Gasteiger partial charge in [-0.05, 0) is 31.0 Å². The van der Waals surface area contributed by atoms with Crippen LogP contribution < -0.4 is 5.32 Å². The molecule has 0 saturated heterocycles. The predicted octanol–water partition coefficient (Wildman–Crippen LogP) is 4.82. The Kier molecular flexibility index (Phi) is 3.66. The lowest BCUT2D eigenvalue weighted by Gasteiger charge is -2.18. The van der Waals surface area contributed by atoms with E-state index in [1.807, 2.05) is 0 Å². The maximum Gasteiger partial charge on any atom is 0.418 e. The minimum Gasteiger partial charge on any atom is -0.382 e. The van der Waals surface area contributed by atoms with E-state index in [9.17, 15) is 13.2 Å². The van der Waals surface area contributed by atoms with Crippen molar-refractivity contribution in [3.63, 3.8) is 0 Å². The summed E-state index contributed by atoms with van der Waals surface area (Å²) in [4.78, 5) is 0. The van der Waals surface area contributed by atoms with Gasteiger partial charge in [0, 0.05) is 16.2 Å². The molecule has 2 rings (SSSR count). The van der Waals surface area contributed by atoms with Gasteiger partial charge in [-0.2, -0.15) is 13.2 Å². The zero-order valence-electron chi connectivity index (χ0n) is 9.15. The highest BCUT2D eigenvalue weighted by Crippen LogP contribution is 2.37. The highest BCUT2D eigenvalue weighted by molar-refractivity contribution is 9.10. The fourth-order valence-electron chi connectivity index (χ4n) is 2.17. The zero-order chi connectivity index (χ0) is 12.5. The molecule has 5 heteroatoms. The number of hydrogen-bond acceptors (Lipinski definition) is 1. The molecule has 94 valence electrons. The molecule has 1 N–H and O–H groups in total. The first-order valence-electron chi connectivity index (χ1n) is 5.60. The maximum absolute atomic E-state index is 12.8. The number of halogens is 4. The predicted molar refractivity (Wildman–Crippen MR) is 65.0 cm³/mol. The van der Waals surface area contributed by atoms with Gasteiger partial charge in [-0.1, -0.05) is 28.8 Å². The summed E-state index contributed by atoms with van der Waals surface area (Å²) in [7, 11) is 0. The quantitative estimate of drug-likeness (QED) is 0.826. The summed E-state index contributed by atoms with van der Waals surface area (Å²) in [5.41, 5.74) is -0.411. The lowest BCUT2D eigenvalue weighted by molar-refractivity contribution is -0.137. The average Bonchev–Trinajstić information content (AvgIpc) is 2.68. The van der Waals surface area contributed by atoms with Crippen LogP contribution in [0.25, 0.3) is 0 Å². The molecule has 0 unspecified atom stereocenters. The van der Waals surface area contributed by atoms with Crippen molar-refractivity contribution in [2.45, 2.75) is 37.9 Å². The van der Waals surface area contributed by atoms with Crippen molar-refractivity contribution < 1.29 is 13.2 Å². The molecule has 0 bridgehead atoms. The van der Waals surface area contributed by atoms with Crippen LogP contribution in [0.5, 0.6) is 0 Å². The summed E-state index contributed by atoms with van der Waals surface area (Å²) >= 11 is 3.21.